The number of imide groups is 1. The zero-order valence-electron chi connectivity index (χ0n) is 8.88. The van der Waals surface area contributed by atoms with Crippen molar-refractivity contribution in [2.24, 2.45) is 0 Å². The van der Waals surface area contributed by atoms with Crippen molar-refractivity contribution in [1.29, 1.82) is 0 Å². The standard InChI is InChI=1S/C10H13ClN2O2S/c1-7-5-16-6-8(7)4-12-10(15)13-9(14)2-3-11/h5-6H,2-4H2,1H3,(H2,12,13,14,15). The maximum atomic E-state index is 11.3. The van der Waals surface area contributed by atoms with E-state index in [1.165, 1.54) is 0 Å². The molecule has 0 atom stereocenters. The van der Waals surface area contributed by atoms with Crippen molar-refractivity contribution in [3.8, 4) is 0 Å². The third-order valence-electron chi connectivity index (χ3n) is 1.98. The Hall–Kier alpha value is -1.07. The highest BCUT2D eigenvalue weighted by molar-refractivity contribution is 7.08. The van der Waals surface area contributed by atoms with Crippen molar-refractivity contribution in [2.45, 2.75) is 19.9 Å². The summed E-state index contributed by atoms with van der Waals surface area (Å²) in [5.41, 5.74) is 2.20. The molecular weight excluding hydrogens is 248 g/mol. The Balaban J connectivity index is 2.31. The first-order valence-electron chi connectivity index (χ1n) is 4.78. The molecule has 0 aliphatic heterocycles. The van der Waals surface area contributed by atoms with Gasteiger partial charge in [-0.3, -0.25) is 10.1 Å². The molecule has 88 valence electrons. The Morgan fingerprint density at radius 3 is 2.75 bits per heavy atom. The van der Waals surface area contributed by atoms with Gasteiger partial charge in [-0.25, -0.2) is 4.79 Å². The number of amides is 3. The lowest BCUT2D eigenvalue weighted by Crippen LogP contribution is -2.39. The molecule has 0 aromatic carbocycles. The first-order chi connectivity index (χ1) is 7.63. The highest BCUT2D eigenvalue weighted by atomic mass is 35.5. The number of carbonyl (C=O) groups excluding carboxylic acids is 2. The normalized spacial score (nSPS) is 9.88. The van der Waals surface area contributed by atoms with Crippen molar-refractivity contribution < 1.29 is 9.59 Å². The van der Waals surface area contributed by atoms with E-state index >= 15 is 0 Å². The molecule has 16 heavy (non-hydrogen) atoms. The third kappa shape index (κ3) is 4.20. The van der Waals surface area contributed by atoms with Crippen molar-refractivity contribution in [3.63, 3.8) is 0 Å². The summed E-state index contributed by atoms with van der Waals surface area (Å²) in [6.07, 6.45) is 0.145. The van der Waals surface area contributed by atoms with E-state index in [9.17, 15) is 9.59 Å². The van der Waals surface area contributed by atoms with Crippen molar-refractivity contribution >= 4 is 34.9 Å². The molecule has 0 bridgehead atoms. The average molecular weight is 261 g/mol. The third-order valence-corrected chi connectivity index (χ3v) is 3.07. The molecule has 6 heteroatoms. The predicted molar refractivity (Wildman–Crippen MR) is 64.8 cm³/mol. The van der Waals surface area contributed by atoms with Crippen LogP contribution in [0.2, 0.25) is 0 Å². The van der Waals surface area contributed by atoms with Gasteiger partial charge in [0.25, 0.3) is 0 Å². The minimum atomic E-state index is -0.485. The zero-order chi connectivity index (χ0) is 12.0. The second kappa shape index (κ2) is 6.50. The molecule has 3 amide bonds. The fraction of sp³-hybridized carbons (Fsp3) is 0.400. The fourth-order valence-electron chi connectivity index (χ4n) is 1.06. The molecule has 1 rings (SSSR count). The molecule has 0 spiro atoms. The lowest BCUT2D eigenvalue weighted by Gasteiger charge is -2.05. The first-order valence-corrected chi connectivity index (χ1v) is 6.26. The van der Waals surface area contributed by atoms with E-state index in [4.69, 9.17) is 11.6 Å². The summed E-state index contributed by atoms with van der Waals surface area (Å²) in [6, 6.07) is -0.485. The Bertz CT molecular complexity index is 379. The first kappa shape index (κ1) is 13.0. The number of carbonyl (C=O) groups is 2. The van der Waals surface area contributed by atoms with Gasteiger partial charge in [0, 0.05) is 18.8 Å². The Kier molecular flexibility index (Phi) is 5.28. The number of hydrogen-bond acceptors (Lipinski definition) is 3. The lowest BCUT2D eigenvalue weighted by molar-refractivity contribution is -0.119. The van der Waals surface area contributed by atoms with Crippen molar-refractivity contribution in [2.75, 3.05) is 5.88 Å². The van der Waals surface area contributed by atoms with Gasteiger partial charge in [0.2, 0.25) is 5.91 Å². The van der Waals surface area contributed by atoms with Crippen LogP contribution in [0.4, 0.5) is 4.79 Å². The van der Waals surface area contributed by atoms with Crippen LogP contribution in [0.5, 0.6) is 0 Å². The quantitative estimate of drug-likeness (QED) is 0.814. The molecule has 0 saturated heterocycles. The molecular formula is C10H13ClN2O2S. The van der Waals surface area contributed by atoms with Gasteiger partial charge in [0.05, 0.1) is 0 Å². The number of rotatable bonds is 4. The molecule has 1 heterocycles. The van der Waals surface area contributed by atoms with Gasteiger partial charge >= 0.3 is 6.03 Å². The minimum Gasteiger partial charge on any atom is -0.334 e. The largest absolute Gasteiger partial charge is 0.334 e. The number of nitrogens with one attached hydrogen (secondary N) is 2. The molecule has 0 aliphatic rings. The van der Waals surface area contributed by atoms with Crippen LogP contribution in [0.25, 0.3) is 0 Å². The summed E-state index contributed by atoms with van der Waals surface area (Å²) in [7, 11) is 0. The average Bonchev–Trinajstić information content (AvgIpc) is 2.61. The topological polar surface area (TPSA) is 58.2 Å². The molecule has 0 fully saturated rings. The highest BCUT2D eigenvalue weighted by Crippen LogP contribution is 2.12. The summed E-state index contributed by atoms with van der Waals surface area (Å²) in [5.74, 6) is -0.155. The van der Waals surface area contributed by atoms with Gasteiger partial charge in [-0.05, 0) is 28.8 Å². The van der Waals surface area contributed by atoms with Crippen LogP contribution in [0.15, 0.2) is 10.8 Å². The molecule has 2 N–H and O–H groups in total. The van der Waals surface area contributed by atoms with Gasteiger partial charge < -0.3 is 5.32 Å². The molecule has 1 aromatic heterocycles. The lowest BCUT2D eigenvalue weighted by atomic mass is 10.2. The second-order valence-corrected chi connectivity index (χ2v) is 4.37. The maximum absolute atomic E-state index is 11.3. The van der Waals surface area contributed by atoms with Crippen molar-refractivity contribution in [1.82, 2.24) is 10.6 Å². The van der Waals surface area contributed by atoms with Crippen LogP contribution in [0.1, 0.15) is 17.5 Å². The molecule has 0 saturated carbocycles. The van der Waals surface area contributed by atoms with Gasteiger partial charge in [-0.1, -0.05) is 0 Å². The Morgan fingerprint density at radius 2 is 2.19 bits per heavy atom. The van der Waals surface area contributed by atoms with E-state index in [1.807, 2.05) is 17.7 Å². The predicted octanol–water partition coefficient (Wildman–Crippen LogP) is 2.01. The Morgan fingerprint density at radius 1 is 1.44 bits per heavy atom. The molecule has 4 nitrogen and oxygen atoms in total. The summed E-state index contributed by atoms with van der Waals surface area (Å²) in [6.45, 7) is 2.40. The van der Waals surface area contributed by atoms with E-state index in [2.05, 4.69) is 10.6 Å². The summed E-state index contributed by atoms with van der Waals surface area (Å²) >= 11 is 6.95. The number of alkyl halides is 1. The second-order valence-electron chi connectivity index (χ2n) is 3.25. The highest BCUT2D eigenvalue weighted by Gasteiger charge is 2.07. The smallest absolute Gasteiger partial charge is 0.321 e. The number of halogens is 1. The van der Waals surface area contributed by atoms with E-state index in [1.54, 1.807) is 11.3 Å². The van der Waals surface area contributed by atoms with Gasteiger partial charge in [0.15, 0.2) is 0 Å². The summed E-state index contributed by atoms with van der Waals surface area (Å²) in [4.78, 5) is 22.3. The van der Waals surface area contributed by atoms with Crippen LogP contribution in [0.3, 0.4) is 0 Å². The molecule has 0 aliphatic carbocycles. The van der Waals surface area contributed by atoms with E-state index in [0.29, 0.717) is 6.54 Å². The van der Waals surface area contributed by atoms with Crippen LogP contribution in [0, 0.1) is 6.92 Å². The summed E-state index contributed by atoms with van der Waals surface area (Å²) in [5, 5.41) is 8.78. The molecule has 1 aromatic rings. The SMILES string of the molecule is Cc1cscc1CNC(=O)NC(=O)CCCl. The van der Waals surface area contributed by atoms with E-state index < -0.39 is 6.03 Å². The Labute approximate surface area is 103 Å². The monoisotopic (exact) mass is 260 g/mol. The molecule has 0 radical (unpaired) electrons. The fourth-order valence-corrected chi connectivity index (χ4v) is 2.09. The number of hydrogen-bond donors (Lipinski definition) is 2. The number of urea groups is 1. The van der Waals surface area contributed by atoms with Gasteiger partial charge in [0.1, 0.15) is 0 Å². The van der Waals surface area contributed by atoms with Crippen LogP contribution in [-0.2, 0) is 11.3 Å². The van der Waals surface area contributed by atoms with E-state index in [0.717, 1.165) is 11.1 Å². The summed E-state index contributed by atoms with van der Waals surface area (Å²) < 4.78 is 0. The van der Waals surface area contributed by atoms with Crippen LogP contribution in [-0.4, -0.2) is 17.8 Å². The minimum absolute atomic E-state index is 0.145. The number of aryl methyl sites for hydroxylation is 1. The van der Waals surface area contributed by atoms with Gasteiger partial charge in [-0.15, -0.1) is 11.6 Å². The maximum Gasteiger partial charge on any atom is 0.321 e. The number of thiophene rings is 1. The van der Waals surface area contributed by atoms with E-state index in [-0.39, 0.29) is 18.2 Å². The van der Waals surface area contributed by atoms with Crippen LogP contribution < -0.4 is 10.6 Å². The van der Waals surface area contributed by atoms with Gasteiger partial charge in [-0.2, -0.15) is 11.3 Å². The zero-order valence-corrected chi connectivity index (χ0v) is 10.5. The molecule has 0 unspecified atom stereocenters. The van der Waals surface area contributed by atoms with Crippen LogP contribution >= 0.6 is 22.9 Å². The van der Waals surface area contributed by atoms with Crippen molar-refractivity contribution in [3.05, 3.63) is 21.9 Å².